The van der Waals surface area contributed by atoms with Crippen LogP contribution in [0.4, 0.5) is 18.9 Å². The number of hydrogen-bond donors (Lipinski definition) is 0. The Bertz CT molecular complexity index is 759. The molecule has 1 radical (unpaired) electrons. The van der Waals surface area contributed by atoms with Crippen LogP contribution in [0.1, 0.15) is 11.1 Å². The summed E-state index contributed by atoms with van der Waals surface area (Å²) in [6.07, 6.45) is -3.10. The Labute approximate surface area is 127 Å². The van der Waals surface area contributed by atoms with E-state index >= 15 is 0 Å². The summed E-state index contributed by atoms with van der Waals surface area (Å²) in [5, 5.41) is 10.5. The Morgan fingerprint density at radius 3 is 2.32 bits per heavy atom. The molecule has 0 amide bonds. The lowest BCUT2D eigenvalue weighted by Gasteiger charge is -2.10. The third kappa shape index (κ3) is 3.09. The summed E-state index contributed by atoms with van der Waals surface area (Å²) in [5.41, 5.74) is -1.16. The Kier molecular flexibility index (Phi) is 4.18. The van der Waals surface area contributed by atoms with E-state index in [1.54, 1.807) is 0 Å². The van der Waals surface area contributed by atoms with Gasteiger partial charge in [-0.15, -0.1) is 0 Å². The molecule has 0 saturated heterocycles. The molecule has 2 rings (SSSR count). The van der Waals surface area contributed by atoms with E-state index in [1.807, 2.05) is 0 Å². The fourth-order valence-corrected chi connectivity index (χ4v) is 2.16. The van der Waals surface area contributed by atoms with Gasteiger partial charge >= 0.3 is 6.18 Å². The van der Waals surface area contributed by atoms with E-state index in [-0.39, 0.29) is 21.7 Å². The first-order valence-corrected chi connectivity index (χ1v) is 6.15. The number of hydrogen-bond acceptors (Lipinski definition) is 3. The van der Waals surface area contributed by atoms with Gasteiger partial charge in [0.2, 0.25) is 6.29 Å². The van der Waals surface area contributed by atoms with Crippen molar-refractivity contribution in [2.45, 2.75) is 6.18 Å². The van der Waals surface area contributed by atoms with Gasteiger partial charge < -0.3 is 0 Å². The van der Waals surface area contributed by atoms with Crippen molar-refractivity contribution >= 4 is 23.6 Å². The van der Waals surface area contributed by atoms with E-state index in [9.17, 15) is 28.1 Å². The number of nitro benzene ring substituents is 1. The lowest BCUT2D eigenvalue weighted by Crippen LogP contribution is -2.04. The van der Waals surface area contributed by atoms with Gasteiger partial charge in [0.05, 0.1) is 10.5 Å². The number of halogens is 4. The van der Waals surface area contributed by atoms with Gasteiger partial charge in [0.1, 0.15) is 5.56 Å². The first kappa shape index (κ1) is 16.0. The largest absolute Gasteiger partial charge is 0.416 e. The van der Waals surface area contributed by atoms with Crippen molar-refractivity contribution in [3.8, 4) is 11.1 Å². The predicted molar refractivity (Wildman–Crippen MR) is 73.3 cm³/mol. The van der Waals surface area contributed by atoms with Gasteiger partial charge in [-0.3, -0.25) is 14.9 Å². The second-order valence-electron chi connectivity index (χ2n) is 4.28. The third-order valence-electron chi connectivity index (χ3n) is 2.91. The third-order valence-corrected chi connectivity index (χ3v) is 3.22. The second kappa shape index (κ2) is 5.76. The van der Waals surface area contributed by atoms with Gasteiger partial charge in [-0.2, -0.15) is 13.2 Å². The summed E-state index contributed by atoms with van der Waals surface area (Å²) in [7, 11) is 0. The van der Waals surface area contributed by atoms with E-state index in [4.69, 9.17) is 11.6 Å². The van der Waals surface area contributed by atoms with Crippen molar-refractivity contribution in [2.24, 2.45) is 0 Å². The van der Waals surface area contributed by atoms with Crippen molar-refractivity contribution in [3.05, 3.63) is 62.7 Å². The highest BCUT2D eigenvalue weighted by Gasteiger charge is 2.31. The molecule has 0 spiro atoms. The SMILES string of the molecule is O=[C]c1cc(-c2ccc(C(F)(F)F)cc2Cl)ccc1[N+](=O)[O-]. The monoisotopic (exact) mass is 328 g/mol. The number of nitro groups is 1. The smallest absolute Gasteiger partial charge is 0.285 e. The van der Waals surface area contributed by atoms with Crippen molar-refractivity contribution in [3.63, 3.8) is 0 Å². The lowest BCUT2D eigenvalue weighted by atomic mass is 10.0. The Balaban J connectivity index is 2.53. The molecular formula is C14H6ClF3NO3. The van der Waals surface area contributed by atoms with Crippen LogP contribution in [0.2, 0.25) is 5.02 Å². The van der Waals surface area contributed by atoms with Crippen LogP contribution in [0.5, 0.6) is 0 Å². The minimum absolute atomic E-state index is 0.180. The zero-order chi connectivity index (χ0) is 16.5. The van der Waals surface area contributed by atoms with Crippen molar-refractivity contribution in [1.29, 1.82) is 0 Å². The maximum atomic E-state index is 12.6. The highest BCUT2D eigenvalue weighted by molar-refractivity contribution is 6.33. The highest BCUT2D eigenvalue weighted by Crippen LogP contribution is 2.36. The number of nitrogens with zero attached hydrogens (tertiary/aromatic N) is 1. The summed E-state index contributed by atoms with van der Waals surface area (Å²) < 4.78 is 37.7. The second-order valence-corrected chi connectivity index (χ2v) is 4.69. The molecule has 0 unspecified atom stereocenters. The molecule has 4 nitrogen and oxygen atoms in total. The summed E-state index contributed by atoms with van der Waals surface area (Å²) in [5.74, 6) is 0. The zero-order valence-corrected chi connectivity index (χ0v) is 11.4. The predicted octanol–water partition coefficient (Wildman–Crippen LogP) is 4.39. The summed E-state index contributed by atoms with van der Waals surface area (Å²) in [6, 6.07) is 6.26. The van der Waals surface area contributed by atoms with Gasteiger partial charge in [0, 0.05) is 16.7 Å². The average Bonchev–Trinajstić information content (AvgIpc) is 2.45. The van der Waals surface area contributed by atoms with Crippen LogP contribution in [0.25, 0.3) is 11.1 Å². The van der Waals surface area contributed by atoms with Crippen LogP contribution < -0.4 is 0 Å². The highest BCUT2D eigenvalue weighted by atomic mass is 35.5. The van der Waals surface area contributed by atoms with Crippen LogP contribution in [0, 0.1) is 10.1 Å². The van der Waals surface area contributed by atoms with Gasteiger partial charge in [-0.1, -0.05) is 17.7 Å². The Hall–Kier alpha value is -2.41. The molecule has 2 aromatic carbocycles. The fraction of sp³-hybridized carbons (Fsp3) is 0.0714. The van der Waals surface area contributed by atoms with Crippen molar-refractivity contribution in [1.82, 2.24) is 0 Å². The molecule has 0 aliphatic carbocycles. The van der Waals surface area contributed by atoms with Gasteiger partial charge in [0.25, 0.3) is 5.69 Å². The average molecular weight is 329 g/mol. The van der Waals surface area contributed by atoms with Crippen LogP contribution >= 0.6 is 11.6 Å². The van der Waals surface area contributed by atoms with E-state index in [1.165, 1.54) is 12.4 Å². The van der Waals surface area contributed by atoms with Crippen LogP contribution in [-0.4, -0.2) is 11.2 Å². The molecule has 113 valence electrons. The number of alkyl halides is 3. The van der Waals surface area contributed by atoms with Crippen LogP contribution in [-0.2, 0) is 11.0 Å². The first-order chi connectivity index (χ1) is 10.2. The fourth-order valence-electron chi connectivity index (χ4n) is 1.87. The van der Waals surface area contributed by atoms with E-state index in [2.05, 4.69) is 0 Å². The number of rotatable bonds is 3. The molecule has 0 aliphatic rings. The minimum Gasteiger partial charge on any atom is -0.285 e. The molecule has 22 heavy (non-hydrogen) atoms. The molecule has 0 bridgehead atoms. The number of carbonyl (C=O) groups excluding carboxylic acids is 1. The molecule has 0 aromatic heterocycles. The Morgan fingerprint density at radius 2 is 1.82 bits per heavy atom. The molecule has 2 aromatic rings. The number of benzene rings is 2. The molecule has 0 atom stereocenters. The maximum absolute atomic E-state index is 12.6. The topological polar surface area (TPSA) is 60.2 Å². The van der Waals surface area contributed by atoms with Crippen LogP contribution in [0.3, 0.4) is 0 Å². The van der Waals surface area contributed by atoms with Crippen LogP contribution in [0.15, 0.2) is 36.4 Å². The van der Waals surface area contributed by atoms with Gasteiger partial charge in [-0.25, -0.2) is 0 Å². The molecular weight excluding hydrogens is 323 g/mol. The van der Waals surface area contributed by atoms with Crippen molar-refractivity contribution < 1.29 is 22.9 Å². The molecule has 0 saturated carbocycles. The normalized spacial score (nSPS) is 11.3. The first-order valence-electron chi connectivity index (χ1n) is 5.77. The summed E-state index contributed by atoms with van der Waals surface area (Å²) >= 11 is 5.84. The standard InChI is InChI=1S/C14H6ClF3NO3/c15-12-6-10(14(16,17)18)2-3-11(12)8-1-4-13(19(21)22)9(5-8)7-20/h1-6H. The Morgan fingerprint density at radius 1 is 1.14 bits per heavy atom. The quantitative estimate of drug-likeness (QED) is 0.620. The van der Waals surface area contributed by atoms with Crippen molar-refractivity contribution in [2.75, 3.05) is 0 Å². The lowest BCUT2D eigenvalue weighted by molar-refractivity contribution is -0.385. The summed E-state index contributed by atoms with van der Waals surface area (Å²) in [4.78, 5) is 20.7. The van der Waals surface area contributed by atoms with Gasteiger partial charge in [-0.05, 0) is 29.8 Å². The molecule has 0 fully saturated rings. The molecule has 0 heterocycles. The van der Waals surface area contributed by atoms with E-state index < -0.39 is 22.4 Å². The van der Waals surface area contributed by atoms with E-state index in [0.717, 1.165) is 30.3 Å². The minimum atomic E-state index is -4.53. The molecule has 0 aliphatic heterocycles. The zero-order valence-electron chi connectivity index (χ0n) is 10.6. The molecule has 8 heteroatoms. The summed E-state index contributed by atoms with van der Waals surface area (Å²) in [6.45, 7) is 0. The maximum Gasteiger partial charge on any atom is 0.416 e. The molecule has 0 N–H and O–H groups in total. The van der Waals surface area contributed by atoms with Gasteiger partial charge in [0.15, 0.2) is 0 Å². The van der Waals surface area contributed by atoms with E-state index in [0.29, 0.717) is 0 Å².